The Morgan fingerprint density at radius 1 is 1.57 bits per heavy atom. The number of nitrogens with one attached hydrogen (secondary N) is 1. The van der Waals surface area contributed by atoms with Crippen molar-refractivity contribution in [1.82, 2.24) is 5.32 Å². The van der Waals surface area contributed by atoms with Gasteiger partial charge < -0.3 is 11.1 Å². The number of thiophene rings is 1. The second-order valence-electron chi connectivity index (χ2n) is 4.19. The topological polar surface area (TPSA) is 38.0 Å². The Morgan fingerprint density at radius 3 is 3.00 bits per heavy atom. The maximum absolute atomic E-state index is 6.00. The van der Waals surface area contributed by atoms with Gasteiger partial charge in [-0.3, -0.25) is 0 Å². The number of rotatable bonds is 5. The van der Waals surface area contributed by atoms with Gasteiger partial charge in [0.1, 0.15) is 0 Å². The van der Waals surface area contributed by atoms with Crippen LogP contribution < -0.4 is 11.1 Å². The lowest BCUT2D eigenvalue weighted by molar-refractivity contribution is 0.571. The van der Waals surface area contributed by atoms with E-state index < -0.39 is 0 Å². The zero-order chi connectivity index (χ0) is 10.0. The number of aryl methyl sites for hydroxylation is 1. The molecule has 0 amide bonds. The molecule has 1 aromatic heterocycles. The van der Waals surface area contributed by atoms with Gasteiger partial charge in [-0.25, -0.2) is 0 Å². The summed E-state index contributed by atoms with van der Waals surface area (Å²) in [7, 11) is 0. The van der Waals surface area contributed by atoms with Crippen molar-refractivity contribution >= 4 is 11.3 Å². The van der Waals surface area contributed by atoms with E-state index in [1.807, 2.05) is 11.3 Å². The monoisotopic (exact) mass is 210 g/mol. The molecule has 0 atom stereocenters. The number of hydrogen-bond donors (Lipinski definition) is 2. The van der Waals surface area contributed by atoms with Crippen molar-refractivity contribution in [2.75, 3.05) is 6.54 Å². The highest BCUT2D eigenvalue weighted by Gasteiger charge is 2.37. The average Bonchev–Trinajstić information content (AvgIpc) is 2.75. The third kappa shape index (κ3) is 2.35. The molecule has 1 aliphatic rings. The Kier molecular flexibility index (Phi) is 2.91. The standard InChI is InChI=1S/C11H18N2S/c1-2-9-3-6-14-10(9)7-13-8-11(12)4-5-11/h3,6,13H,2,4-5,7-8,12H2,1H3. The van der Waals surface area contributed by atoms with Gasteiger partial charge in [-0.1, -0.05) is 6.92 Å². The number of nitrogens with two attached hydrogens (primary N) is 1. The van der Waals surface area contributed by atoms with Gasteiger partial charge in [-0.15, -0.1) is 11.3 Å². The summed E-state index contributed by atoms with van der Waals surface area (Å²) in [5.41, 5.74) is 7.60. The summed E-state index contributed by atoms with van der Waals surface area (Å²) in [5, 5.41) is 5.62. The predicted molar refractivity (Wildman–Crippen MR) is 61.6 cm³/mol. The second-order valence-corrected chi connectivity index (χ2v) is 5.19. The van der Waals surface area contributed by atoms with Crippen molar-refractivity contribution in [3.63, 3.8) is 0 Å². The predicted octanol–water partition coefficient (Wildman–Crippen LogP) is 1.89. The van der Waals surface area contributed by atoms with E-state index >= 15 is 0 Å². The number of hydrogen-bond acceptors (Lipinski definition) is 3. The highest BCUT2D eigenvalue weighted by molar-refractivity contribution is 7.10. The van der Waals surface area contributed by atoms with Crippen LogP contribution in [0, 0.1) is 0 Å². The maximum Gasteiger partial charge on any atom is 0.0303 e. The zero-order valence-corrected chi connectivity index (χ0v) is 9.49. The molecule has 3 heteroatoms. The van der Waals surface area contributed by atoms with Crippen LogP contribution >= 0.6 is 11.3 Å². The van der Waals surface area contributed by atoms with Gasteiger partial charge in [0.15, 0.2) is 0 Å². The molecule has 1 fully saturated rings. The molecule has 2 nitrogen and oxygen atoms in total. The van der Waals surface area contributed by atoms with Gasteiger partial charge in [-0.05, 0) is 36.3 Å². The van der Waals surface area contributed by atoms with Crippen LogP contribution in [0.2, 0.25) is 0 Å². The van der Waals surface area contributed by atoms with Crippen LogP contribution in [0.4, 0.5) is 0 Å². The summed E-state index contributed by atoms with van der Waals surface area (Å²) < 4.78 is 0. The van der Waals surface area contributed by atoms with Crippen LogP contribution in [0.1, 0.15) is 30.2 Å². The van der Waals surface area contributed by atoms with E-state index in [0.29, 0.717) is 0 Å². The highest BCUT2D eigenvalue weighted by Crippen LogP contribution is 2.31. The summed E-state index contributed by atoms with van der Waals surface area (Å²) in [6.07, 6.45) is 3.50. The summed E-state index contributed by atoms with van der Waals surface area (Å²) in [6, 6.07) is 2.22. The van der Waals surface area contributed by atoms with E-state index in [2.05, 4.69) is 23.7 Å². The van der Waals surface area contributed by atoms with E-state index in [9.17, 15) is 0 Å². The SMILES string of the molecule is CCc1ccsc1CNCC1(N)CC1. The van der Waals surface area contributed by atoms with Gasteiger partial charge in [0.2, 0.25) is 0 Å². The quantitative estimate of drug-likeness (QED) is 0.779. The lowest BCUT2D eigenvalue weighted by Gasteiger charge is -2.09. The van der Waals surface area contributed by atoms with Gasteiger partial charge in [-0.2, -0.15) is 0 Å². The lowest BCUT2D eigenvalue weighted by atomic mass is 10.2. The molecule has 0 unspecified atom stereocenters. The fourth-order valence-electron chi connectivity index (χ4n) is 1.60. The Balaban J connectivity index is 1.79. The van der Waals surface area contributed by atoms with Crippen molar-refractivity contribution in [2.45, 2.75) is 38.3 Å². The van der Waals surface area contributed by atoms with E-state index in [1.54, 1.807) is 0 Å². The van der Waals surface area contributed by atoms with Crippen LogP contribution in [-0.4, -0.2) is 12.1 Å². The van der Waals surface area contributed by atoms with Crippen LogP contribution in [-0.2, 0) is 13.0 Å². The summed E-state index contributed by atoms with van der Waals surface area (Å²) in [5.74, 6) is 0. The maximum atomic E-state index is 6.00. The fraction of sp³-hybridized carbons (Fsp3) is 0.636. The molecule has 14 heavy (non-hydrogen) atoms. The van der Waals surface area contributed by atoms with Gasteiger partial charge >= 0.3 is 0 Å². The van der Waals surface area contributed by atoms with E-state index in [4.69, 9.17) is 5.73 Å². The molecule has 3 N–H and O–H groups in total. The van der Waals surface area contributed by atoms with E-state index in [-0.39, 0.29) is 5.54 Å². The first-order valence-corrected chi connectivity index (χ1v) is 6.16. The van der Waals surface area contributed by atoms with Crippen molar-refractivity contribution < 1.29 is 0 Å². The molecule has 0 bridgehead atoms. The van der Waals surface area contributed by atoms with Crippen molar-refractivity contribution in [1.29, 1.82) is 0 Å². The minimum Gasteiger partial charge on any atom is -0.324 e. The molecule has 1 heterocycles. The molecular formula is C11H18N2S. The van der Waals surface area contributed by atoms with Gasteiger partial charge in [0.25, 0.3) is 0 Å². The molecule has 0 aliphatic heterocycles. The van der Waals surface area contributed by atoms with Crippen LogP contribution in [0.25, 0.3) is 0 Å². The Bertz CT molecular complexity index is 302. The van der Waals surface area contributed by atoms with Crippen LogP contribution in [0.3, 0.4) is 0 Å². The minimum atomic E-state index is 0.129. The molecular weight excluding hydrogens is 192 g/mol. The second kappa shape index (κ2) is 4.01. The summed E-state index contributed by atoms with van der Waals surface area (Å²) in [6.45, 7) is 4.16. The molecule has 0 spiro atoms. The van der Waals surface area contributed by atoms with Crippen molar-refractivity contribution in [2.24, 2.45) is 5.73 Å². The van der Waals surface area contributed by atoms with Crippen LogP contribution in [0.15, 0.2) is 11.4 Å². The normalized spacial score (nSPS) is 18.4. The van der Waals surface area contributed by atoms with E-state index in [0.717, 1.165) is 19.5 Å². The van der Waals surface area contributed by atoms with E-state index in [1.165, 1.54) is 23.3 Å². The van der Waals surface area contributed by atoms with Crippen LogP contribution in [0.5, 0.6) is 0 Å². The molecule has 78 valence electrons. The average molecular weight is 210 g/mol. The van der Waals surface area contributed by atoms with Gasteiger partial charge in [0.05, 0.1) is 0 Å². The van der Waals surface area contributed by atoms with Crippen molar-refractivity contribution in [3.05, 3.63) is 21.9 Å². The molecule has 0 saturated heterocycles. The molecule has 0 radical (unpaired) electrons. The van der Waals surface area contributed by atoms with Gasteiger partial charge in [0, 0.05) is 23.5 Å². The lowest BCUT2D eigenvalue weighted by Crippen LogP contribution is -2.35. The molecule has 0 aromatic carbocycles. The first-order chi connectivity index (χ1) is 6.73. The molecule has 1 saturated carbocycles. The first kappa shape index (κ1) is 10.1. The minimum absolute atomic E-state index is 0.129. The molecule has 2 rings (SSSR count). The summed E-state index contributed by atoms with van der Waals surface area (Å²) >= 11 is 1.84. The van der Waals surface area contributed by atoms with Crippen molar-refractivity contribution in [3.8, 4) is 0 Å². The Hall–Kier alpha value is -0.380. The highest BCUT2D eigenvalue weighted by atomic mass is 32.1. The largest absolute Gasteiger partial charge is 0.324 e. The third-order valence-electron chi connectivity index (χ3n) is 2.87. The molecule has 1 aliphatic carbocycles. The fourth-order valence-corrected chi connectivity index (χ4v) is 2.55. The summed E-state index contributed by atoms with van der Waals surface area (Å²) in [4.78, 5) is 1.47. The Labute approximate surface area is 89.5 Å². The Morgan fingerprint density at radius 2 is 2.36 bits per heavy atom. The third-order valence-corrected chi connectivity index (χ3v) is 3.84. The smallest absolute Gasteiger partial charge is 0.0303 e. The first-order valence-electron chi connectivity index (χ1n) is 5.28. The molecule has 1 aromatic rings. The zero-order valence-electron chi connectivity index (χ0n) is 8.68.